The summed E-state index contributed by atoms with van der Waals surface area (Å²) in [6.45, 7) is 2.04. The lowest BCUT2D eigenvalue weighted by Crippen LogP contribution is -2.49. The molecule has 6 nitrogen and oxygen atoms in total. The summed E-state index contributed by atoms with van der Waals surface area (Å²) in [6.07, 6.45) is 3.11. The van der Waals surface area contributed by atoms with Gasteiger partial charge in [0, 0.05) is 6.20 Å². The molecule has 0 spiro atoms. The first-order chi connectivity index (χ1) is 11.4. The Labute approximate surface area is 142 Å². The highest BCUT2D eigenvalue weighted by Crippen LogP contribution is 2.22. The molecule has 1 aromatic carbocycles. The smallest absolute Gasteiger partial charge is 0.244 e. The number of carbonyl (C=O) groups is 1. The van der Waals surface area contributed by atoms with E-state index in [9.17, 15) is 13.2 Å². The largest absolute Gasteiger partial charge is 0.349 e. The second-order valence-corrected chi connectivity index (χ2v) is 7.22. The van der Waals surface area contributed by atoms with E-state index in [0.29, 0.717) is 17.8 Å². The number of pyridine rings is 1. The lowest BCUT2D eigenvalue weighted by Gasteiger charge is -2.30. The Hall–Kier alpha value is -2.41. The fraction of sp³-hybridized carbons (Fsp3) is 0.294. The van der Waals surface area contributed by atoms with Crippen LogP contribution < -0.4 is 9.62 Å². The Balaban J connectivity index is 2.21. The van der Waals surface area contributed by atoms with Crippen LogP contribution in [0.25, 0.3) is 0 Å². The molecule has 2 rings (SSSR count). The highest BCUT2D eigenvalue weighted by molar-refractivity contribution is 7.92. The van der Waals surface area contributed by atoms with Crippen molar-refractivity contribution in [1.82, 2.24) is 10.3 Å². The van der Waals surface area contributed by atoms with Crippen LogP contribution in [0.4, 0.5) is 5.69 Å². The quantitative estimate of drug-likeness (QED) is 0.830. The number of nitrogens with zero attached hydrogens (tertiary/aromatic N) is 2. The van der Waals surface area contributed by atoms with Crippen LogP contribution in [0.1, 0.15) is 19.0 Å². The molecule has 0 aliphatic rings. The molecule has 1 heterocycles. The minimum atomic E-state index is -3.60. The summed E-state index contributed by atoms with van der Waals surface area (Å²) in [5.41, 5.74) is 1.19. The molecule has 24 heavy (non-hydrogen) atoms. The standard InChI is InChI=1S/C17H21N3O3S/c1-3-16(17(21)19-13-14-9-7-8-12-18-14)20(24(2,22)23)15-10-5-4-6-11-15/h4-12,16H,3,13H2,1-2H3,(H,19,21)/t16-/m0/s1. The average Bonchev–Trinajstić information content (AvgIpc) is 2.58. The molecule has 0 bridgehead atoms. The Morgan fingerprint density at radius 2 is 1.83 bits per heavy atom. The fourth-order valence-electron chi connectivity index (χ4n) is 2.43. The van der Waals surface area contributed by atoms with Gasteiger partial charge in [-0.3, -0.25) is 14.1 Å². The van der Waals surface area contributed by atoms with E-state index in [-0.39, 0.29) is 12.5 Å². The summed E-state index contributed by atoms with van der Waals surface area (Å²) in [5.74, 6) is -0.350. The van der Waals surface area contributed by atoms with E-state index in [1.54, 1.807) is 55.6 Å². The van der Waals surface area contributed by atoms with Crippen molar-refractivity contribution >= 4 is 21.6 Å². The Kier molecular flexibility index (Phi) is 5.92. The molecule has 0 saturated heterocycles. The van der Waals surface area contributed by atoms with E-state index in [4.69, 9.17) is 0 Å². The van der Waals surface area contributed by atoms with Gasteiger partial charge in [0.1, 0.15) is 6.04 Å². The van der Waals surface area contributed by atoms with Crippen molar-refractivity contribution in [2.24, 2.45) is 0 Å². The van der Waals surface area contributed by atoms with Crippen molar-refractivity contribution in [2.75, 3.05) is 10.6 Å². The number of hydrogen-bond acceptors (Lipinski definition) is 4. The highest BCUT2D eigenvalue weighted by atomic mass is 32.2. The molecule has 0 radical (unpaired) electrons. The normalized spacial score (nSPS) is 12.4. The minimum Gasteiger partial charge on any atom is -0.349 e. The van der Waals surface area contributed by atoms with Gasteiger partial charge in [-0.15, -0.1) is 0 Å². The highest BCUT2D eigenvalue weighted by Gasteiger charge is 2.31. The van der Waals surface area contributed by atoms with E-state index in [0.717, 1.165) is 6.26 Å². The lowest BCUT2D eigenvalue weighted by atomic mass is 10.2. The van der Waals surface area contributed by atoms with Gasteiger partial charge >= 0.3 is 0 Å². The van der Waals surface area contributed by atoms with Gasteiger partial charge in [0.2, 0.25) is 15.9 Å². The maximum atomic E-state index is 12.6. The van der Waals surface area contributed by atoms with Gasteiger partial charge in [0.05, 0.1) is 24.2 Å². The van der Waals surface area contributed by atoms with Crippen LogP contribution in [-0.2, 0) is 21.4 Å². The molecule has 0 aliphatic carbocycles. The summed E-state index contributed by atoms with van der Waals surface area (Å²) >= 11 is 0. The van der Waals surface area contributed by atoms with E-state index in [1.807, 2.05) is 6.07 Å². The molecule has 0 unspecified atom stereocenters. The van der Waals surface area contributed by atoms with Gasteiger partial charge in [-0.2, -0.15) is 0 Å². The molecule has 0 fully saturated rings. The Morgan fingerprint density at radius 1 is 1.17 bits per heavy atom. The Bertz CT molecular complexity index is 764. The maximum absolute atomic E-state index is 12.6. The predicted molar refractivity (Wildman–Crippen MR) is 93.9 cm³/mol. The van der Waals surface area contributed by atoms with Crippen LogP contribution in [0.3, 0.4) is 0 Å². The van der Waals surface area contributed by atoms with Gasteiger partial charge in [0.25, 0.3) is 0 Å². The van der Waals surface area contributed by atoms with Crippen molar-refractivity contribution in [3.63, 3.8) is 0 Å². The maximum Gasteiger partial charge on any atom is 0.244 e. The van der Waals surface area contributed by atoms with Crippen molar-refractivity contribution in [2.45, 2.75) is 25.9 Å². The van der Waals surface area contributed by atoms with Crippen LogP contribution >= 0.6 is 0 Å². The van der Waals surface area contributed by atoms with Crippen molar-refractivity contribution in [3.05, 3.63) is 60.4 Å². The van der Waals surface area contributed by atoms with Crippen LogP contribution in [0.5, 0.6) is 0 Å². The number of sulfonamides is 1. The summed E-state index contributed by atoms with van der Waals surface area (Å²) in [7, 11) is -3.60. The van der Waals surface area contributed by atoms with Crippen molar-refractivity contribution in [3.8, 4) is 0 Å². The SMILES string of the molecule is CC[C@@H](C(=O)NCc1ccccn1)N(c1ccccc1)S(C)(=O)=O. The molecular weight excluding hydrogens is 326 g/mol. The number of carbonyl (C=O) groups excluding carboxylic acids is 1. The van der Waals surface area contributed by atoms with Crippen molar-refractivity contribution < 1.29 is 13.2 Å². The lowest BCUT2D eigenvalue weighted by molar-refractivity contribution is -0.122. The summed E-state index contributed by atoms with van der Waals surface area (Å²) in [6, 6.07) is 13.2. The number of rotatable bonds is 7. The number of anilines is 1. The molecule has 128 valence electrons. The first-order valence-corrected chi connectivity index (χ1v) is 9.50. The van der Waals surface area contributed by atoms with E-state index in [2.05, 4.69) is 10.3 Å². The summed E-state index contributed by atoms with van der Waals surface area (Å²) in [5, 5.41) is 2.76. The molecule has 2 aromatic rings. The first kappa shape index (κ1) is 17.9. The summed E-state index contributed by atoms with van der Waals surface area (Å²) < 4.78 is 25.7. The van der Waals surface area contributed by atoms with Crippen LogP contribution in [0, 0.1) is 0 Å². The molecule has 0 aliphatic heterocycles. The number of benzene rings is 1. The van der Waals surface area contributed by atoms with E-state index >= 15 is 0 Å². The zero-order valence-corrected chi connectivity index (χ0v) is 14.5. The number of aromatic nitrogens is 1. The molecule has 1 N–H and O–H groups in total. The fourth-order valence-corrected chi connectivity index (χ4v) is 3.65. The Morgan fingerprint density at radius 3 is 2.38 bits per heavy atom. The van der Waals surface area contributed by atoms with E-state index in [1.165, 1.54) is 4.31 Å². The molecular formula is C17H21N3O3S. The number of nitrogens with one attached hydrogen (secondary N) is 1. The molecule has 7 heteroatoms. The minimum absolute atomic E-state index is 0.253. The second kappa shape index (κ2) is 7.92. The number of para-hydroxylation sites is 1. The zero-order valence-electron chi connectivity index (χ0n) is 13.7. The van der Waals surface area contributed by atoms with E-state index < -0.39 is 16.1 Å². The van der Waals surface area contributed by atoms with Crippen molar-refractivity contribution in [1.29, 1.82) is 0 Å². The van der Waals surface area contributed by atoms with Gasteiger partial charge in [-0.05, 0) is 30.7 Å². The molecule has 1 atom stereocenters. The van der Waals surface area contributed by atoms with Gasteiger partial charge < -0.3 is 5.32 Å². The first-order valence-electron chi connectivity index (χ1n) is 7.65. The molecule has 0 saturated carbocycles. The van der Waals surface area contributed by atoms with Gasteiger partial charge in [-0.25, -0.2) is 8.42 Å². The predicted octanol–water partition coefficient (Wildman–Crippen LogP) is 1.94. The number of hydrogen-bond donors (Lipinski definition) is 1. The monoisotopic (exact) mass is 347 g/mol. The van der Waals surface area contributed by atoms with Crippen LogP contribution in [-0.4, -0.2) is 31.6 Å². The third kappa shape index (κ3) is 4.55. The second-order valence-electron chi connectivity index (χ2n) is 5.36. The zero-order chi connectivity index (χ0) is 17.6. The third-order valence-corrected chi connectivity index (χ3v) is 4.69. The molecule has 1 amide bonds. The number of amides is 1. The van der Waals surface area contributed by atoms with Crippen LogP contribution in [0.2, 0.25) is 0 Å². The van der Waals surface area contributed by atoms with Crippen LogP contribution in [0.15, 0.2) is 54.7 Å². The topological polar surface area (TPSA) is 79.4 Å². The average molecular weight is 347 g/mol. The van der Waals surface area contributed by atoms with Gasteiger partial charge in [0.15, 0.2) is 0 Å². The summed E-state index contributed by atoms with van der Waals surface area (Å²) in [4.78, 5) is 16.7. The molecule has 1 aromatic heterocycles. The third-order valence-electron chi connectivity index (χ3n) is 3.51. The van der Waals surface area contributed by atoms with Gasteiger partial charge in [-0.1, -0.05) is 31.2 Å².